The molecule has 7 heteroatoms. The molecule has 5 atom stereocenters. The molecule has 0 bridgehead atoms. The van der Waals surface area contributed by atoms with Crippen molar-refractivity contribution in [1.82, 2.24) is 0 Å². The summed E-state index contributed by atoms with van der Waals surface area (Å²) in [6.07, 6.45) is 8.09. The molecule has 5 unspecified atom stereocenters. The smallest absolute Gasteiger partial charge is 0.339 e. The molecule has 196 valence electrons. The average molecular weight is 499 g/mol. The highest BCUT2D eigenvalue weighted by molar-refractivity contribution is 6.17. The van der Waals surface area contributed by atoms with Crippen LogP contribution < -0.4 is 4.74 Å². The van der Waals surface area contributed by atoms with Crippen molar-refractivity contribution in [1.29, 1.82) is 0 Å². The van der Waals surface area contributed by atoms with Gasteiger partial charge in [-0.15, -0.1) is 6.58 Å². The topological polar surface area (TPSA) is 105 Å². The third-order valence-electron chi connectivity index (χ3n) is 6.31. The van der Waals surface area contributed by atoms with E-state index in [0.717, 1.165) is 24.0 Å². The van der Waals surface area contributed by atoms with E-state index in [9.17, 15) is 20.1 Å². The number of ether oxygens (including phenoxy) is 3. The minimum Gasteiger partial charge on any atom is -0.493 e. The van der Waals surface area contributed by atoms with Crippen molar-refractivity contribution in [2.24, 2.45) is 5.92 Å². The van der Waals surface area contributed by atoms with Gasteiger partial charge in [-0.3, -0.25) is 0 Å². The minimum atomic E-state index is -0.815. The van der Waals surface area contributed by atoms with Gasteiger partial charge in [-0.25, -0.2) is 4.79 Å². The summed E-state index contributed by atoms with van der Waals surface area (Å²) in [5.74, 6) is 0.682. The molecule has 0 aromatic heterocycles. The highest BCUT2D eigenvalue weighted by atomic mass is 16.5. The van der Waals surface area contributed by atoms with Crippen LogP contribution in [-0.4, -0.2) is 58.9 Å². The number of carbonyl (C=O) groups excluding carboxylic acids is 1. The van der Waals surface area contributed by atoms with E-state index in [1.54, 1.807) is 30.3 Å². The zero-order valence-electron chi connectivity index (χ0n) is 21.1. The maximum Gasteiger partial charge on any atom is 0.339 e. The Hall–Kier alpha value is -2.87. The molecule has 0 fully saturated rings. The third-order valence-corrected chi connectivity index (χ3v) is 6.31. The lowest BCUT2D eigenvalue weighted by molar-refractivity contribution is -0.141. The van der Waals surface area contributed by atoms with Crippen LogP contribution in [0, 0.1) is 5.92 Å². The van der Waals surface area contributed by atoms with Gasteiger partial charge in [0, 0.05) is 12.3 Å². The van der Waals surface area contributed by atoms with E-state index in [0.29, 0.717) is 36.3 Å². The summed E-state index contributed by atoms with van der Waals surface area (Å²) in [6.45, 7) is 8.12. The number of allylic oxidation sites excluding steroid dienone is 2. The van der Waals surface area contributed by atoms with Gasteiger partial charge in [0.05, 0.1) is 30.5 Å². The Balaban J connectivity index is 1.52. The largest absolute Gasteiger partial charge is 0.493 e. The first-order valence-corrected chi connectivity index (χ1v) is 12.6. The maximum absolute atomic E-state index is 12.7. The molecule has 1 heterocycles. The van der Waals surface area contributed by atoms with Crippen LogP contribution in [0.3, 0.4) is 0 Å². The number of aliphatic hydroxyl groups is 3. The fourth-order valence-electron chi connectivity index (χ4n) is 4.07. The van der Waals surface area contributed by atoms with Gasteiger partial charge in [-0.05, 0) is 62.5 Å². The van der Waals surface area contributed by atoms with Gasteiger partial charge in [0.15, 0.2) is 0 Å². The van der Waals surface area contributed by atoms with Crippen LogP contribution in [0.2, 0.25) is 0 Å². The van der Waals surface area contributed by atoms with Crippen molar-refractivity contribution in [3.8, 4) is 5.75 Å². The molecule has 36 heavy (non-hydrogen) atoms. The van der Waals surface area contributed by atoms with Gasteiger partial charge in [0.2, 0.25) is 0 Å². The summed E-state index contributed by atoms with van der Waals surface area (Å²) in [5, 5.41) is 29.6. The number of hydrogen-bond donors (Lipinski definition) is 3. The fraction of sp³-hybridized carbons (Fsp3) is 0.483. The Bertz CT molecular complexity index is 976. The molecule has 1 aliphatic carbocycles. The van der Waals surface area contributed by atoms with Crippen molar-refractivity contribution in [2.45, 2.75) is 70.4 Å². The van der Waals surface area contributed by atoms with E-state index in [4.69, 9.17) is 14.2 Å². The Morgan fingerprint density at radius 3 is 2.53 bits per heavy atom. The van der Waals surface area contributed by atoms with Crippen molar-refractivity contribution < 1.29 is 34.3 Å². The third kappa shape index (κ3) is 8.08. The fourth-order valence-corrected chi connectivity index (χ4v) is 4.07. The molecule has 1 aromatic carbocycles. The predicted octanol–water partition coefficient (Wildman–Crippen LogP) is 4.09. The molecule has 0 amide bonds. The molecule has 3 rings (SSSR count). The van der Waals surface area contributed by atoms with E-state index in [2.05, 4.69) is 6.58 Å². The number of fused-ring (bicyclic) bond motifs is 1. The number of rotatable bonds is 14. The molecule has 0 saturated carbocycles. The molecule has 2 aliphatic rings. The first kappa shape index (κ1) is 27.7. The highest BCUT2D eigenvalue weighted by Gasteiger charge is 2.31. The quantitative estimate of drug-likeness (QED) is 0.262. The van der Waals surface area contributed by atoms with Crippen molar-refractivity contribution in [2.75, 3.05) is 13.2 Å². The molecule has 1 aliphatic heterocycles. The van der Waals surface area contributed by atoms with Crippen LogP contribution in [0.15, 0.2) is 66.5 Å². The van der Waals surface area contributed by atoms with Crippen LogP contribution in [0.25, 0.3) is 5.57 Å². The van der Waals surface area contributed by atoms with Crippen LogP contribution in [0.5, 0.6) is 5.75 Å². The maximum atomic E-state index is 12.7. The van der Waals surface area contributed by atoms with Crippen LogP contribution in [-0.2, 0) is 14.3 Å². The van der Waals surface area contributed by atoms with Crippen LogP contribution >= 0.6 is 0 Å². The van der Waals surface area contributed by atoms with E-state index in [-0.39, 0.29) is 19.1 Å². The van der Waals surface area contributed by atoms with Crippen LogP contribution in [0.4, 0.5) is 0 Å². The Kier molecular flexibility index (Phi) is 10.3. The molecular weight excluding hydrogens is 460 g/mol. The number of carbonyl (C=O) groups is 1. The second-order valence-corrected chi connectivity index (χ2v) is 9.47. The van der Waals surface area contributed by atoms with Gasteiger partial charge >= 0.3 is 5.97 Å². The van der Waals surface area contributed by atoms with Gasteiger partial charge in [0.25, 0.3) is 0 Å². The number of hydrogen-bond acceptors (Lipinski definition) is 7. The van der Waals surface area contributed by atoms with Crippen molar-refractivity contribution in [3.63, 3.8) is 0 Å². The van der Waals surface area contributed by atoms with Crippen molar-refractivity contribution in [3.05, 3.63) is 72.0 Å². The van der Waals surface area contributed by atoms with Gasteiger partial charge in [-0.1, -0.05) is 36.8 Å². The molecule has 1 aromatic rings. The summed E-state index contributed by atoms with van der Waals surface area (Å²) >= 11 is 0. The number of esters is 1. The standard InChI is InChI=1S/C29H38O7/c1-4-26(31)27(32)14-15-34-23-11-8-20(9-12-23)25-16-21-10-13-24(17-28(21)36-29(25)33)35-18-22(30)7-5-6-19(2)3/h8-13,16-17,21-22,26-28,30-32H,2,4-7,14-15,18H2,1,3H3. The highest BCUT2D eigenvalue weighted by Crippen LogP contribution is 2.32. The van der Waals surface area contributed by atoms with E-state index in [1.807, 2.05) is 32.1 Å². The summed E-state index contributed by atoms with van der Waals surface area (Å²) < 4.78 is 17.0. The van der Waals surface area contributed by atoms with E-state index < -0.39 is 30.4 Å². The lowest BCUT2D eigenvalue weighted by Crippen LogP contribution is -2.30. The van der Waals surface area contributed by atoms with E-state index >= 15 is 0 Å². The average Bonchev–Trinajstić information content (AvgIpc) is 2.86. The SMILES string of the molecule is C=C(C)CCCC(O)COC1=CC2OC(=O)C(c3ccc(OCCC(O)C(O)CC)cc3)=CC2C=C1. The Morgan fingerprint density at radius 2 is 1.83 bits per heavy atom. The molecule has 7 nitrogen and oxygen atoms in total. The summed E-state index contributed by atoms with van der Waals surface area (Å²) in [5.41, 5.74) is 2.31. The Labute approximate surface area is 213 Å². The normalized spacial score (nSPS) is 21.4. The second kappa shape index (κ2) is 13.4. The summed E-state index contributed by atoms with van der Waals surface area (Å²) in [6, 6.07) is 7.13. The molecule has 0 saturated heterocycles. The minimum absolute atomic E-state index is 0.104. The first-order valence-electron chi connectivity index (χ1n) is 12.6. The number of benzene rings is 1. The summed E-state index contributed by atoms with van der Waals surface area (Å²) in [7, 11) is 0. The monoisotopic (exact) mass is 498 g/mol. The number of aliphatic hydroxyl groups excluding tert-OH is 3. The zero-order chi connectivity index (χ0) is 26.1. The lowest BCUT2D eigenvalue weighted by Gasteiger charge is -2.29. The van der Waals surface area contributed by atoms with Gasteiger partial charge in [0.1, 0.15) is 24.2 Å². The molecule has 0 radical (unpaired) electrons. The van der Waals surface area contributed by atoms with E-state index in [1.165, 1.54) is 0 Å². The second-order valence-electron chi connectivity index (χ2n) is 9.47. The van der Waals surface area contributed by atoms with Gasteiger partial charge in [-0.2, -0.15) is 0 Å². The zero-order valence-corrected chi connectivity index (χ0v) is 21.1. The molecule has 0 spiro atoms. The van der Waals surface area contributed by atoms with Crippen LogP contribution in [0.1, 0.15) is 51.5 Å². The van der Waals surface area contributed by atoms with Gasteiger partial charge < -0.3 is 29.5 Å². The molecular formula is C29H38O7. The molecule has 3 N–H and O–H groups in total. The summed E-state index contributed by atoms with van der Waals surface area (Å²) in [4.78, 5) is 12.7. The first-order chi connectivity index (χ1) is 17.3. The van der Waals surface area contributed by atoms with Crippen molar-refractivity contribution >= 4 is 11.5 Å². The Morgan fingerprint density at radius 1 is 1.08 bits per heavy atom. The lowest BCUT2D eigenvalue weighted by atomic mass is 9.90. The predicted molar refractivity (Wildman–Crippen MR) is 138 cm³/mol.